The van der Waals surface area contributed by atoms with Crippen LogP contribution in [0.1, 0.15) is 29.1 Å². The van der Waals surface area contributed by atoms with Crippen LogP contribution in [0.15, 0.2) is 18.2 Å². The summed E-state index contributed by atoms with van der Waals surface area (Å²) in [7, 11) is 0. The molecule has 1 saturated heterocycles. The Morgan fingerprint density at radius 3 is 2.56 bits per heavy atom. The molecule has 8 heteroatoms. The molecule has 0 aliphatic carbocycles. The van der Waals surface area contributed by atoms with Crippen molar-refractivity contribution in [1.82, 2.24) is 4.90 Å². The van der Waals surface area contributed by atoms with E-state index < -0.39 is 5.97 Å². The summed E-state index contributed by atoms with van der Waals surface area (Å²) in [5.74, 6) is -0.725. The molecule has 146 valence electrons. The van der Waals surface area contributed by atoms with Gasteiger partial charge in [0, 0.05) is 15.6 Å². The second kappa shape index (κ2) is 8.67. The van der Waals surface area contributed by atoms with E-state index >= 15 is 0 Å². The van der Waals surface area contributed by atoms with Crippen molar-refractivity contribution in [3.8, 4) is 0 Å². The molecular formula is C19H24FN2O4S+. The van der Waals surface area contributed by atoms with Crippen molar-refractivity contribution in [3.63, 3.8) is 0 Å². The smallest absolute Gasteiger partial charge is 0.410 e. The van der Waals surface area contributed by atoms with Gasteiger partial charge in [-0.3, -0.25) is 4.90 Å². The molecule has 0 saturated carbocycles. The van der Waals surface area contributed by atoms with Crippen LogP contribution in [0.2, 0.25) is 0 Å². The van der Waals surface area contributed by atoms with Gasteiger partial charge < -0.3 is 14.4 Å². The average molecular weight is 395 g/mol. The van der Waals surface area contributed by atoms with Crippen LogP contribution < -0.4 is 4.90 Å². The maximum atomic E-state index is 14.5. The largest absolute Gasteiger partial charge is 0.462 e. The molecule has 1 amide bonds. The number of hydrogen-bond acceptors (Lipinski definition) is 5. The summed E-state index contributed by atoms with van der Waals surface area (Å²) in [4.78, 5) is 27.6. The summed E-state index contributed by atoms with van der Waals surface area (Å²) in [6.45, 7) is 7.28. The SMILES string of the molecule is CCOC(=O)c1sc2cccc(F)c2c1C[NH+]1CCN(C(=O)OCC)CC1. The molecule has 27 heavy (non-hydrogen) atoms. The lowest BCUT2D eigenvalue weighted by Crippen LogP contribution is -3.13. The van der Waals surface area contributed by atoms with E-state index in [0.29, 0.717) is 55.2 Å². The zero-order chi connectivity index (χ0) is 19.4. The number of halogens is 1. The number of carbonyl (C=O) groups excluding carboxylic acids is 2. The predicted octanol–water partition coefficient (Wildman–Crippen LogP) is 2.07. The Kier molecular flexibility index (Phi) is 6.28. The second-order valence-electron chi connectivity index (χ2n) is 6.36. The lowest BCUT2D eigenvalue weighted by Gasteiger charge is -2.31. The van der Waals surface area contributed by atoms with Gasteiger partial charge in [-0.2, -0.15) is 0 Å². The van der Waals surface area contributed by atoms with Gasteiger partial charge in [0.25, 0.3) is 0 Å². The number of nitrogens with zero attached hydrogens (tertiary/aromatic N) is 1. The standard InChI is InChI=1S/C19H23FN2O4S/c1-3-25-18(23)17-13(16-14(20)6-5-7-15(16)27-17)12-21-8-10-22(11-9-21)19(24)26-4-2/h5-7H,3-4,8-12H2,1-2H3/p+1. The van der Waals surface area contributed by atoms with Crippen molar-refractivity contribution in [1.29, 1.82) is 0 Å². The molecule has 1 N–H and O–H groups in total. The van der Waals surface area contributed by atoms with Crippen molar-refractivity contribution in [2.24, 2.45) is 0 Å². The normalized spacial score (nSPS) is 15.1. The third kappa shape index (κ3) is 4.22. The fraction of sp³-hybridized carbons (Fsp3) is 0.474. The Hall–Kier alpha value is -2.19. The van der Waals surface area contributed by atoms with Crippen LogP contribution in [0.25, 0.3) is 10.1 Å². The predicted molar refractivity (Wildman–Crippen MR) is 101 cm³/mol. The van der Waals surface area contributed by atoms with E-state index in [4.69, 9.17) is 9.47 Å². The monoisotopic (exact) mass is 395 g/mol. The average Bonchev–Trinajstić information content (AvgIpc) is 3.02. The molecule has 1 aromatic heterocycles. The number of thiophene rings is 1. The number of piperazine rings is 1. The van der Waals surface area contributed by atoms with Gasteiger partial charge in [-0.1, -0.05) is 6.07 Å². The third-order valence-electron chi connectivity index (χ3n) is 4.65. The van der Waals surface area contributed by atoms with Crippen LogP contribution in [-0.4, -0.2) is 56.4 Å². The highest BCUT2D eigenvalue weighted by Gasteiger charge is 2.29. The summed E-state index contributed by atoms with van der Waals surface area (Å²) < 4.78 is 25.5. The van der Waals surface area contributed by atoms with Crippen LogP contribution in [0.3, 0.4) is 0 Å². The Bertz CT molecular complexity index is 830. The van der Waals surface area contributed by atoms with E-state index in [2.05, 4.69) is 0 Å². The molecule has 1 aliphatic rings. The highest BCUT2D eigenvalue weighted by molar-refractivity contribution is 7.21. The van der Waals surface area contributed by atoms with Gasteiger partial charge in [0.05, 0.1) is 39.4 Å². The molecule has 6 nitrogen and oxygen atoms in total. The first-order valence-electron chi connectivity index (χ1n) is 9.17. The minimum Gasteiger partial charge on any atom is -0.462 e. The summed E-state index contributed by atoms with van der Waals surface area (Å²) in [5.41, 5.74) is 0.700. The molecule has 2 aromatic rings. The molecule has 1 aliphatic heterocycles. The van der Waals surface area contributed by atoms with E-state index in [9.17, 15) is 14.0 Å². The van der Waals surface area contributed by atoms with Crippen LogP contribution in [-0.2, 0) is 16.0 Å². The molecule has 1 aromatic carbocycles. The first kappa shape index (κ1) is 19.6. The molecule has 0 radical (unpaired) electrons. The maximum Gasteiger partial charge on any atom is 0.410 e. The number of ether oxygens (including phenoxy) is 2. The number of nitrogens with one attached hydrogen (secondary N) is 1. The molecule has 0 spiro atoms. The van der Waals surface area contributed by atoms with Crippen LogP contribution >= 0.6 is 11.3 Å². The number of amides is 1. The summed E-state index contributed by atoms with van der Waals surface area (Å²) in [6, 6.07) is 4.89. The summed E-state index contributed by atoms with van der Waals surface area (Å²) in [6.07, 6.45) is -0.296. The Labute approximate surface area is 161 Å². The molecular weight excluding hydrogens is 371 g/mol. The van der Waals surface area contributed by atoms with Gasteiger partial charge in [-0.25, -0.2) is 14.0 Å². The molecule has 1 fully saturated rings. The molecule has 3 rings (SSSR count). The molecule has 2 heterocycles. The molecule has 0 atom stereocenters. The molecule has 0 bridgehead atoms. The number of quaternary nitrogens is 1. The van der Waals surface area contributed by atoms with Gasteiger partial charge in [-0.15, -0.1) is 11.3 Å². The lowest BCUT2D eigenvalue weighted by molar-refractivity contribution is -0.917. The number of hydrogen-bond donors (Lipinski definition) is 1. The number of fused-ring (bicyclic) bond motifs is 1. The van der Waals surface area contributed by atoms with E-state index in [1.54, 1.807) is 24.8 Å². The Morgan fingerprint density at radius 2 is 1.89 bits per heavy atom. The quantitative estimate of drug-likeness (QED) is 0.788. The van der Waals surface area contributed by atoms with Gasteiger partial charge >= 0.3 is 12.1 Å². The first-order chi connectivity index (χ1) is 13.0. The van der Waals surface area contributed by atoms with Gasteiger partial charge in [0.15, 0.2) is 0 Å². The van der Waals surface area contributed by atoms with E-state index in [1.165, 1.54) is 22.3 Å². The fourth-order valence-corrected chi connectivity index (χ4v) is 4.47. The van der Waals surface area contributed by atoms with Gasteiger partial charge in [-0.05, 0) is 26.0 Å². The van der Waals surface area contributed by atoms with Crippen LogP contribution in [0.4, 0.5) is 9.18 Å². The van der Waals surface area contributed by atoms with Crippen molar-refractivity contribution >= 4 is 33.5 Å². The summed E-state index contributed by atoms with van der Waals surface area (Å²) >= 11 is 1.27. The Morgan fingerprint density at radius 1 is 1.19 bits per heavy atom. The molecule has 0 unspecified atom stereocenters. The number of esters is 1. The van der Waals surface area contributed by atoms with Gasteiger partial charge in [0.2, 0.25) is 0 Å². The number of carbonyl (C=O) groups is 2. The maximum absolute atomic E-state index is 14.5. The number of rotatable bonds is 5. The zero-order valence-corrected chi connectivity index (χ0v) is 16.4. The third-order valence-corrected chi connectivity index (χ3v) is 5.82. The highest BCUT2D eigenvalue weighted by atomic mass is 32.1. The van der Waals surface area contributed by atoms with Crippen molar-refractivity contribution in [2.75, 3.05) is 39.4 Å². The van der Waals surface area contributed by atoms with Crippen molar-refractivity contribution in [2.45, 2.75) is 20.4 Å². The summed E-state index contributed by atoms with van der Waals surface area (Å²) in [5, 5.41) is 0.505. The van der Waals surface area contributed by atoms with Crippen molar-refractivity contribution in [3.05, 3.63) is 34.5 Å². The van der Waals surface area contributed by atoms with E-state index in [1.807, 2.05) is 6.07 Å². The van der Waals surface area contributed by atoms with E-state index in [-0.39, 0.29) is 18.5 Å². The minimum atomic E-state index is -0.405. The van der Waals surface area contributed by atoms with Crippen molar-refractivity contribution < 1.29 is 28.4 Å². The van der Waals surface area contributed by atoms with Crippen LogP contribution in [0, 0.1) is 5.82 Å². The first-order valence-corrected chi connectivity index (χ1v) is 9.99. The van der Waals surface area contributed by atoms with E-state index in [0.717, 1.165) is 4.70 Å². The highest BCUT2D eigenvalue weighted by Crippen LogP contribution is 2.33. The fourth-order valence-electron chi connectivity index (χ4n) is 3.34. The topological polar surface area (TPSA) is 60.3 Å². The zero-order valence-electron chi connectivity index (χ0n) is 15.5. The minimum absolute atomic E-state index is 0.278. The Balaban J connectivity index is 1.81. The lowest BCUT2D eigenvalue weighted by atomic mass is 10.1. The van der Waals surface area contributed by atoms with Gasteiger partial charge in [0.1, 0.15) is 17.2 Å². The van der Waals surface area contributed by atoms with Crippen LogP contribution in [0.5, 0.6) is 0 Å². The second-order valence-corrected chi connectivity index (χ2v) is 7.41. The number of benzene rings is 1.